The maximum absolute atomic E-state index is 13.4. The van der Waals surface area contributed by atoms with Crippen molar-refractivity contribution in [3.05, 3.63) is 95.6 Å². The summed E-state index contributed by atoms with van der Waals surface area (Å²) in [6.45, 7) is -0.0638. The van der Waals surface area contributed by atoms with Gasteiger partial charge in [-0.15, -0.1) is 0 Å². The molecule has 0 saturated carbocycles. The molecule has 0 radical (unpaired) electrons. The van der Waals surface area contributed by atoms with Crippen LogP contribution in [0, 0.1) is 5.92 Å². The van der Waals surface area contributed by atoms with E-state index >= 15 is 0 Å². The fraction of sp³-hybridized carbons (Fsp3) is 0.269. The summed E-state index contributed by atoms with van der Waals surface area (Å²) in [5, 5.41) is 2.81. The zero-order chi connectivity index (χ0) is 25.9. The molecule has 10 heteroatoms. The van der Waals surface area contributed by atoms with E-state index in [1.807, 2.05) is 30.3 Å². The molecule has 36 heavy (non-hydrogen) atoms. The first-order valence-electron chi connectivity index (χ1n) is 11.2. The standard InChI is InChI=1S/C26H25F3N2O4S/c1-35-21-10-12-22(13-11-21)36(33,34)31-16-23(19-8-5-9-20(14-19)26(27,28)29)24(17-31)25(32)30-15-18-6-3-2-4-7-18/h2-14,23-24H,15-17H2,1H3,(H,30,32)/t23-,24+/m1/s1. The van der Waals surface area contributed by atoms with Gasteiger partial charge in [-0.1, -0.05) is 48.5 Å². The SMILES string of the molecule is COc1ccc(S(=O)(=O)N2C[C@H](C(=O)NCc3ccccc3)[C@@H](c3cccc(C(F)(F)F)c3)C2)cc1. The number of nitrogens with zero attached hydrogens (tertiary/aromatic N) is 1. The van der Waals surface area contributed by atoms with Crippen LogP contribution in [0.25, 0.3) is 0 Å². The molecule has 2 atom stereocenters. The molecule has 1 fully saturated rings. The molecule has 4 rings (SSSR count). The molecular formula is C26H25F3N2O4S. The van der Waals surface area contributed by atoms with Gasteiger partial charge in [-0.25, -0.2) is 8.42 Å². The van der Waals surface area contributed by atoms with E-state index in [1.54, 1.807) is 0 Å². The Morgan fingerprint density at radius 1 is 1.00 bits per heavy atom. The molecule has 3 aromatic rings. The van der Waals surface area contributed by atoms with Crippen molar-refractivity contribution < 1.29 is 31.1 Å². The van der Waals surface area contributed by atoms with E-state index in [-0.39, 0.29) is 30.1 Å². The summed E-state index contributed by atoms with van der Waals surface area (Å²) in [4.78, 5) is 13.2. The first kappa shape index (κ1) is 25.7. The van der Waals surface area contributed by atoms with Gasteiger partial charge in [-0.05, 0) is 41.5 Å². The lowest BCUT2D eigenvalue weighted by Crippen LogP contribution is -2.35. The quantitative estimate of drug-likeness (QED) is 0.502. The zero-order valence-corrected chi connectivity index (χ0v) is 20.2. The molecule has 0 aromatic heterocycles. The second-order valence-corrected chi connectivity index (χ2v) is 10.5. The highest BCUT2D eigenvalue weighted by Gasteiger charge is 2.44. The molecule has 0 unspecified atom stereocenters. The van der Waals surface area contributed by atoms with Gasteiger partial charge in [0.2, 0.25) is 15.9 Å². The van der Waals surface area contributed by atoms with Gasteiger partial charge < -0.3 is 10.1 Å². The molecule has 1 amide bonds. The number of hydrogen-bond acceptors (Lipinski definition) is 4. The predicted molar refractivity (Wildman–Crippen MR) is 128 cm³/mol. The van der Waals surface area contributed by atoms with Crippen molar-refractivity contribution >= 4 is 15.9 Å². The van der Waals surface area contributed by atoms with Gasteiger partial charge in [-0.3, -0.25) is 4.79 Å². The van der Waals surface area contributed by atoms with Crippen LogP contribution in [0.2, 0.25) is 0 Å². The summed E-state index contributed by atoms with van der Waals surface area (Å²) in [5.74, 6) is -1.56. The fourth-order valence-electron chi connectivity index (χ4n) is 4.33. The van der Waals surface area contributed by atoms with Crippen molar-refractivity contribution in [1.82, 2.24) is 9.62 Å². The molecule has 0 aliphatic carbocycles. The van der Waals surface area contributed by atoms with Crippen molar-refractivity contribution in [3.63, 3.8) is 0 Å². The first-order chi connectivity index (χ1) is 17.1. The number of carbonyl (C=O) groups is 1. The third-order valence-corrected chi connectivity index (χ3v) is 8.12. The highest BCUT2D eigenvalue weighted by atomic mass is 32.2. The molecule has 0 spiro atoms. The summed E-state index contributed by atoms with van der Waals surface area (Å²) >= 11 is 0. The predicted octanol–water partition coefficient (Wildman–Crippen LogP) is 4.43. The Balaban J connectivity index is 1.64. The van der Waals surface area contributed by atoms with E-state index in [4.69, 9.17) is 4.74 Å². The van der Waals surface area contributed by atoms with Gasteiger partial charge in [0.25, 0.3) is 0 Å². The zero-order valence-electron chi connectivity index (χ0n) is 19.4. The number of sulfonamides is 1. The molecule has 1 aliphatic rings. The van der Waals surface area contributed by atoms with Gasteiger partial charge >= 0.3 is 6.18 Å². The van der Waals surface area contributed by atoms with Crippen LogP contribution in [0.15, 0.2) is 83.8 Å². The number of benzene rings is 3. The number of ether oxygens (including phenoxy) is 1. The van der Waals surface area contributed by atoms with Crippen molar-refractivity contribution in [2.75, 3.05) is 20.2 Å². The van der Waals surface area contributed by atoms with E-state index in [2.05, 4.69) is 5.32 Å². The Kier molecular flexibility index (Phi) is 7.37. The van der Waals surface area contributed by atoms with Gasteiger partial charge in [0, 0.05) is 25.6 Å². The number of methoxy groups -OCH3 is 1. The van der Waals surface area contributed by atoms with Crippen LogP contribution in [0.4, 0.5) is 13.2 Å². The van der Waals surface area contributed by atoms with Gasteiger partial charge in [0.1, 0.15) is 5.75 Å². The van der Waals surface area contributed by atoms with E-state index in [0.717, 1.165) is 22.0 Å². The molecule has 1 heterocycles. The van der Waals surface area contributed by atoms with E-state index in [9.17, 15) is 26.4 Å². The third-order valence-electron chi connectivity index (χ3n) is 6.27. The lowest BCUT2D eigenvalue weighted by molar-refractivity contribution is -0.137. The monoisotopic (exact) mass is 518 g/mol. The summed E-state index contributed by atoms with van der Waals surface area (Å²) in [6, 6.07) is 19.7. The van der Waals surface area contributed by atoms with Gasteiger partial charge in [0.15, 0.2) is 0 Å². The molecule has 1 aliphatic heterocycles. The number of alkyl halides is 3. The van der Waals surface area contributed by atoms with Crippen LogP contribution in [-0.4, -0.2) is 38.8 Å². The summed E-state index contributed by atoms with van der Waals surface area (Å²) in [7, 11) is -2.54. The van der Waals surface area contributed by atoms with Crippen LogP contribution in [-0.2, 0) is 27.5 Å². The number of hydrogen-bond donors (Lipinski definition) is 1. The Labute approximate surface area is 207 Å². The van der Waals surface area contributed by atoms with Crippen LogP contribution in [0.1, 0.15) is 22.6 Å². The minimum Gasteiger partial charge on any atom is -0.497 e. The highest BCUT2D eigenvalue weighted by molar-refractivity contribution is 7.89. The lowest BCUT2D eigenvalue weighted by Gasteiger charge is -2.19. The topological polar surface area (TPSA) is 75.7 Å². The molecule has 190 valence electrons. The highest BCUT2D eigenvalue weighted by Crippen LogP contribution is 2.38. The average Bonchev–Trinajstić information content (AvgIpc) is 3.34. The summed E-state index contributed by atoms with van der Waals surface area (Å²) < 4.78 is 73.1. The second-order valence-electron chi connectivity index (χ2n) is 8.54. The van der Waals surface area contributed by atoms with Crippen LogP contribution in [0.3, 0.4) is 0 Å². The lowest BCUT2D eigenvalue weighted by atomic mass is 9.87. The summed E-state index contributed by atoms with van der Waals surface area (Å²) in [6.07, 6.45) is -4.56. The van der Waals surface area contributed by atoms with Crippen LogP contribution >= 0.6 is 0 Å². The van der Waals surface area contributed by atoms with E-state index in [0.29, 0.717) is 5.75 Å². The average molecular weight is 519 g/mol. The van der Waals surface area contributed by atoms with Crippen molar-refractivity contribution in [1.29, 1.82) is 0 Å². The maximum atomic E-state index is 13.4. The molecule has 3 aromatic carbocycles. The van der Waals surface area contributed by atoms with Crippen molar-refractivity contribution in [2.45, 2.75) is 23.5 Å². The van der Waals surface area contributed by atoms with Gasteiger partial charge in [0.05, 0.1) is 23.5 Å². The summed E-state index contributed by atoms with van der Waals surface area (Å²) in [5.41, 5.74) is 0.263. The number of rotatable bonds is 7. The number of nitrogens with one attached hydrogen (secondary N) is 1. The molecule has 1 saturated heterocycles. The normalized spacial score (nSPS) is 18.7. The first-order valence-corrected chi connectivity index (χ1v) is 12.7. The van der Waals surface area contributed by atoms with Crippen LogP contribution < -0.4 is 10.1 Å². The largest absolute Gasteiger partial charge is 0.497 e. The van der Waals surface area contributed by atoms with Crippen molar-refractivity contribution in [3.8, 4) is 5.75 Å². The molecule has 0 bridgehead atoms. The number of halogens is 3. The Morgan fingerprint density at radius 2 is 1.69 bits per heavy atom. The van der Waals surface area contributed by atoms with Crippen LogP contribution in [0.5, 0.6) is 5.75 Å². The van der Waals surface area contributed by atoms with Crippen molar-refractivity contribution in [2.24, 2.45) is 5.92 Å². The molecule has 6 nitrogen and oxygen atoms in total. The minimum absolute atomic E-state index is 0.0106. The smallest absolute Gasteiger partial charge is 0.416 e. The maximum Gasteiger partial charge on any atom is 0.416 e. The van der Waals surface area contributed by atoms with E-state index < -0.39 is 39.5 Å². The minimum atomic E-state index is -4.56. The molecular weight excluding hydrogens is 493 g/mol. The van der Waals surface area contributed by atoms with Gasteiger partial charge in [-0.2, -0.15) is 17.5 Å². The second kappa shape index (κ2) is 10.3. The fourth-order valence-corrected chi connectivity index (χ4v) is 5.82. The molecule has 1 N–H and O–H groups in total. The van der Waals surface area contributed by atoms with E-state index in [1.165, 1.54) is 43.5 Å². The number of amides is 1. The Hall–Kier alpha value is -3.37. The number of carbonyl (C=O) groups excluding carboxylic acids is 1. The third kappa shape index (κ3) is 5.55. The Morgan fingerprint density at radius 3 is 2.33 bits per heavy atom. The Bertz CT molecular complexity index is 1310.